The number of nitrogens with one attached hydrogen (secondary N) is 1. The van der Waals surface area contributed by atoms with Crippen LogP contribution in [0.1, 0.15) is 39.5 Å². The molecule has 2 unspecified atom stereocenters. The Morgan fingerprint density at radius 1 is 1.44 bits per heavy atom. The fraction of sp³-hybridized carbons (Fsp3) is 0.929. The van der Waals surface area contributed by atoms with E-state index in [1.807, 2.05) is 0 Å². The average molecular weight is 254 g/mol. The second-order valence-electron chi connectivity index (χ2n) is 5.92. The van der Waals surface area contributed by atoms with Gasteiger partial charge in [-0.05, 0) is 52.6 Å². The molecule has 0 saturated carbocycles. The van der Waals surface area contributed by atoms with Gasteiger partial charge in [0.15, 0.2) is 0 Å². The third kappa shape index (κ3) is 2.41. The topological polar surface area (TPSA) is 41.6 Å². The monoisotopic (exact) mass is 254 g/mol. The molecule has 0 amide bonds. The van der Waals surface area contributed by atoms with Crippen molar-refractivity contribution in [2.75, 3.05) is 26.7 Å². The van der Waals surface area contributed by atoms with Crippen molar-refractivity contribution in [3.63, 3.8) is 0 Å². The summed E-state index contributed by atoms with van der Waals surface area (Å²) in [6.45, 7) is 7.57. The van der Waals surface area contributed by atoms with Gasteiger partial charge in [-0.15, -0.1) is 0 Å². The Labute approximate surface area is 110 Å². The molecule has 0 spiro atoms. The van der Waals surface area contributed by atoms with Crippen molar-refractivity contribution in [2.24, 2.45) is 5.92 Å². The number of piperidine rings is 1. The molecule has 2 fully saturated rings. The molecule has 0 aromatic rings. The van der Waals surface area contributed by atoms with Crippen LogP contribution in [0.15, 0.2) is 0 Å². The van der Waals surface area contributed by atoms with E-state index in [4.69, 9.17) is 4.74 Å². The summed E-state index contributed by atoms with van der Waals surface area (Å²) in [5.41, 5.74) is -0.414. The Kier molecular flexibility index (Phi) is 4.28. The zero-order valence-electron chi connectivity index (χ0n) is 11.9. The van der Waals surface area contributed by atoms with Crippen molar-refractivity contribution in [1.82, 2.24) is 10.2 Å². The summed E-state index contributed by atoms with van der Waals surface area (Å²) in [6, 6.07) is 0.559. The summed E-state index contributed by atoms with van der Waals surface area (Å²) < 4.78 is 5.07. The van der Waals surface area contributed by atoms with E-state index in [1.165, 1.54) is 13.5 Å². The van der Waals surface area contributed by atoms with E-state index in [0.29, 0.717) is 12.0 Å². The number of hydrogen-bond donors (Lipinski definition) is 1. The highest BCUT2D eigenvalue weighted by atomic mass is 16.5. The number of rotatable bonds is 3. The molecule has 0 radical (unpaired) electrons. The smallest absolute Gasteiger partial charge is 0.326 e. The van der Waals surface area contributed by atoms with Crippen molar-refractivity contribution in [1.29, 1.82) is 0 Å². The van der Waals surface area contributed by atoms with Crippen LogP contribution in [0.25, 0.3) is 0 Å². The molecule has 2 aliphatic heterocycles. The van der Waals surface area contributed by atoms with Crippen molar-refractivity contribution in [2.45, 2.75) is 51.1 Å². The number of esters is 1. The number of ether oxygens (including phenoxy) is 1. The standard InChI is InChI=1S/C14H26N2O2/c1-11(2)16-9-4-6-12(10-16)14(13(17)18-3)7-5-8-15-14/h11-12,15H,4-10H2,1-3H3. The van der Waals surface area contributed by atoms with E-state index < -0.39 is 5.54 Å². The number of hydrogen-bond acceptors (Lipinski definition) is 4. The van der Waals surface area contributed by atoms with Crippen molar-refractivity contribution >= 4 is 5.97 Å². The number of methoxy groups -OCH3 is 1. The highest BCUT2D eigenvalue weighted by Gasteiger charge is 2.49. The molecule has 2 saturated heterocycles. The first-order valence-electron chi connectivity index (χ1n) is 7.17. The normalized spacial score (nSPS) is 33.9. The van der Waals surface area contributed by atoms with E-state index in [2.05, 4.69) is 24.1 Å². The average Bonchev–Trinajstić information content (AvgIpc) is 2.88. The largest absolute Gasteiger partial charge is 0.468 e. The van der Waals surface area contributed by atoms with Gasteiger partial charge in [0, 0.05) is 18.5 Å². The fourth-order valence-corrected chi connectivity index (χ4v) is 3.52. The van der Waals surface area contributed by atoms with E-state index >= 15 is 0 Å². The second-order valence-corrected chi connectivity index (χ2v) is 5.92. The minimum Gasteiger partial charge on any atom is -0.468 e. The van der Waals surface area contributed by atoms with Crippen LogP contribution >= 0.6 is 0 Å². The lowest BCUT2D eigenvalue weighted by Crippen LogP contribution is -2.59. The molecule has 2 atom stereocenters. The van der Waals surface area contributed by atoms with Gasteiger partial charge < -0.3 is 15.0 Å². The van der Waals surface area contributed by atoms with Crippen molar-refractivity contribution in [3.05, 3.63) is 0 Å². The molecule has 104 valence electrons. The molecule has 4 heteroatoms. The SMILES string of the molecule is COC(=O)C1(C2CCCN(C(C)C)C2)CCCN1. The van der Waals surface area contributed by atoms with Crippen LogP contribution in [0.4, 0.5) is 0 Å². The third-order valence-electron chi connectivity index (χ3n) is 4.62. The lowest BCUT2D eigenvalue weighted by atomic mass is 9.77. The van der Waals surface area contributed by atoms with Crippen LogP contribution in [-0.4, -0.2) is 49.2 Å². The van der Waals surface area contributed by atoms with Crippen LogP contribution < -0.4 is 5.32 Å². The van der Waals surface area contributed by atoms with E-state index in [0.717, 1.165) is 38.9 Å². The van der Waals surface area contributed by atoms with Crippen LogP contribution in [0.2, 0.25) is 0 Å². The molecule has 4 nitrogen and oxygen atoms in total. The lowest BCUT2D eigenvalue weighted by molar-refractivity contribution is -0.151. The minimum atomic E-state index is -0.414. The lowest BCUT2D eigenvalue weighted by Gasteiger charge is -2.43. The highest BCUT2D eigenvalue weighted by molar-refractivity contribution is 5.81. The molecular weight excluding hydrogens is 228 g/mol. The Hall–Kier alpha value is -0.610. The highest BCUT2D eigenvalue weighted by Crippen LogP contribution is 2.35. The maximum Gasteiger partial charge on any atom is 0.326 e. The predicted octanol–water partition coefficient (Wildman–Crippen LogP) is 1.40. The van der Waals surface area contributed by atoms with Crippen LogP contribution in [0.3, 0.4) is 0 Å². The fourth-order valence-electron chi connectivity index (χ4n) is 3.52. The number of carbonyl (C=O) groups is 1. The predicted molar refractivity (Wildman–Crippen MR) is 71.4 cm³/mol. The zero-order valence-corrected chi connectivity index (χ0v) is 11.9. The Bertz CT molecular complexity index is 298. The van der Waals surface area contributed by atoms with Gasteiger partial charge in [0.05, 0.1) is 7.11 Å². The molecule has 0 bridgehead atoms. The number of nitrogens with zero attached hydrogens (tertiary/aromatic N) is 1. The number of carbonyl (C=O) groups excluding carboxylic acids is 1. The Morgan fingerprint density at radius 2 is 2.22 bits per heavy atom. The van der Waals surface area contributed by atoms with E-state index in [1.54, 1.807) is 0 Å². The molecule has 1 N–H and O–H groups in total. The van der Waals surface area contributed by atoms with Gasteiger partial charge in [0.25, 0.3) is 0 Å². The first-order valence-corrected chi connectivity index (χ1v) is 7.17. The summed E-state index contributed by atoms with van der Waals surface area (Å²) in [5, 5.41) is 3.45. The van der Waals surface area contributed by atoms with Crippen LogP contribution in [0.5, 0.6) is 0 Å². The summed E-state index contributed by atoms with van der Waals surface area (Å²) >= 11 is 0. The maximum atomic E-state index is 12.2. The maximum absolute atomic E-state index is 12.2. The molecular formula is C14H26N2O2. The first kappa shape index (κ1) is 13.8. The van der Waals surface area contributed by atoms with Crippen LogP contribution in [0, 0.1) is 5.92 Å². The summed E-state index contributed by atoms with van der Waals surface area (Å²) in [7, 11) is 1.51. The second kappa shape index (κ2) is 5.57. The van der Waals surface area contributed by atoms with Crippen molar-refractivity contribution < 1.29 is 9.53 Å². The molecule has 2 rings (SSSR count). The van der Waals surface area contributed by atoms with E-state index in [9.17, 15) is 4.79 Å². The molecule has 2 heterocycles. The van der Waals surface area contributed by atoms with Gasteiger partial charge in [0.1, 0.15) is 5.54 Å². The van der Waals surface area contributed by atoms with E-state index in [-0.39, 0.29) is 5.97 Å². The van der Waals surface area contributed by atoms with Crippen molar-refractivity contribution in [3.8, 4) is 0 Å². The molecule has 0 aliphatic carbocycles. The first-order chi connectivity index (χ1) is 8.60. The van der Waals surface area contributed by atoms with Gasteiger partial charge in [0.2, 0.25) is 0 Å². The summed E-state index contributed by atoms with van der Waals surface area (Å²) in [4.78, 5) is 14.7. The van der Waals surface area contributed by atoms with Gasteiger partial charge in [-0.25, -0.2) is 0 Å². The summed E-state index contributed by atoms with van der Waals surface area (Å²) in [5.74, 6) is 0.333. The Balaban J connectivity index is 2.13. The quantitative estimate of drug-likeness (QED) is 0.773. The molecule has 0 aromatic heterocycles. The van der Waals surface area contributed by atoms with Gasteiger partial charge >= 0.3 is 5.97 Å². The molecule has 2 aliphatic rings. The van der Waals surface area contributed by atoms with Gasteiger partial charge in [-0.2, -0.15) is 0 Å². The van der Waals surface area contributed by atoms with Crippen LogP contribution in [-0.2, 0) is 9.53 Å². The number of likely N-dealkylation sites (tertiary alicyclic amines) is 1. The minimum absolute atomic E-state index is 0.0596. The third-order valence-corrected chi connectivity index (χ3v) is 4.62. The van der Waals surface area contributed by atoms with Gasteiger partial charge in [-0.3, -0.25) is 4.79 Å². The molecule has 18 heavy (non-hydrogen) atoms. The summed E-state index contributed by atoms with van der Waals surface area (Å²) in [6.07, 6.45) is 4.32. The Morgan fingerprint density at radius 3 is 2.78 bits per heavy atom. The molecule has 0 aromatic carbocycles. The zero-order chi connectivity index (χ0) is 13.2. The van der Waals surface area contributed by atoms with Gasteiger partial charge in [-0.1, -0.05) is 0 Å².